The molecule has 0 nitrogen and oxygen atoms in total. The third kappa shape index (κ3) is 2.55. The summed E-state index contributed by atoms with van der Waals surface area (Å²) in [5, 5.41) is 0. The Kier molecular flexibility index (Phi) is 4.51. The maximum atomic E-state index is 2.57. The van der Waals surface area contributed by atoms with Crippen LogP contribution in [0, 0.1) is 16.7 Å². The quantitative estimate of drug-likeness (QED) is 0.436. The highest BCUT2D eigenvalue weighted by Crippen LogP contribution is 2.59. The summed E-state index contributed by atoms with van der Waals surface area (Å²) >= 11 is 0. The number of hydrogen-bond donors (Lipinski definition) is 0. The van der Waals surface area contributed by atoms with Gasteiger partial charge in [0, 0.05) is 0 Å². The summed E-state index contributed by atoms with van der Waals surface area (Å²) in [7, 11) is 1.13. The monoisotopic (exact) mass is 280 g/mol. The van der Waals surface area contributed by atoms with Crippen LogP contribution in [0.2, 0.25) is 0 Å². The molecule has 1 fully saturated rings. The molecule has 0 heterocycles. The molecule has 19 heavy (non-hydrogen) atoms. The number of rotatable bonds is 4. The number of allylic oxidation sites excluding steroid dienone is 2. The predicted octanol–water partition coefficient (Wildman–Crippen LogP) is 6.02. The molecule has 1 heteroatoms. The van der Waals surface area contributed by atoms with Crippen molar-refractivity contribution in [2.24, 2.45) is 16.7 Å². The minimum atomic E-state index is 0.500. The summed E-state index contributed by atoms with van der Waals surface area (Å²) in [5.41, 5.74) is 5.70. The number of fused-ring (bicyclic) bond motifs is 1. The lowest BCUT2D eigenvalue weighted by molar-refractivity contribution is 0.172. The van der Waals surface area contributed by atoms with Crippen molar-refractivity contribution < 1.29 is 0 Å². The van der Waals surface area contributed by atoms with E-state index in [1.54, 1.807) is 5.57 Å². The van der Waals surface area contributed by atoms with Gasteiger partial charge in [0.1, 0.15) is 0 Å². The Labute approximate surface area is 122 Å². The summed E-state index contributed by atoms with van der Waals surface area (Å²) in [6.45, 7) is 14.8. The van der Waals surface area contributed by atoms with Crippen molar-refractivity contribution in [3.63, 3.8) is 0 Å². The van der Waals surface area contributed by atoms with Gasteiger partial charge >= 0.3 is 0 Å². The maximum Gasteiger partial charge on any atom is -0.00484 e. The van der Waals surface area contributed by atoms with Gasteiger partial charge in [0.2, 0.25) is 0 Å². The first-order chi connectivity index (χ1) is 8.86. The average Bonchev–Trinajstić information content (AvgIpc) is 2.66. The minimum Gasteiger partial charge on any atom is -0.121 e. The fourth-order valence-electron chi connectivity index (χ4n) is 5.21. The van der Waals surface area contributed by atoms with E-state index in [-0.39, 0.29) is 0 Å². The van der Waals surface area contributed by atoms with E-state index in [1.807, 2.05) is 5.57 Å². The van der Waals surface area contributed by atoms with E-state index in [9.17, 15) is 0 Å². The average molecular weight is 280 g/mol. The van der Waals surface area contributed by atoms with E-state index < -0.39 is 0 Å². The van der Waals surface area contributed by atoms with Gasteiger partial charge in [-0.05, 0) is 68.1 Å². The van der Waals surface area contributed by atoms with Crippen molar-refractivity contribution in [1.29, 1.82) is 0 Å². The van der Waals surface area contributed by atoms with E-state index in [0.717, 1.165) is 20.2 Å². The molecule has 0 N–H and O–H groups in total. The van der Waals surface area contributed by atoms with Crippen LogP contribution in [0.3, 0.4) is 0 Å². The molecule has 0 aromatic rings. The van der Waals surface area contributed by atoms with Gasteiger partial charge in [0.25, 0.3) is 0 Å². The minimum absolute atomic E-state index is 0.500. The lowest BCUT2D eigenvalue weighted by atomic mass is 9.61. The Bertz CT molecular complexity index is 366. The molecular formula is C18H33P. The van der Waals surface area contributed by atoms with E-state index in [0.29, 0.717) is 10.8 Å². The van der Waals surface area contributed by atoms with Gasteiger partial charge in [-0.1, -0.05) is 45.3 Å². The normalized spacial score (nSPS) is 36.3. The second-order valence-electron chi connectivity index (χ2n) is 7.79. The van der Waals surface area contributed by atoms with Crippen LogP contribution in [0.4, 0.5) is 0 Å². The van der Waals surface area contributed by atoms with E-state index >= 15 is 0 Å². The Balaban J connectivity index is 2.31. The van der Waals surface area contributed by atoms with Gasteiger partial charge < -0.3 is 0 Å². The van der Waals surface area contributed by atoms with Crippen LogP contribution < -0.4 is 0 Å². The fraction of sp³-hybridized carbons (Fsp3) is 0.889. The fourth-order valence-corrected chi connectivity index (χ4v) is 6.59. The zero-order valence-corrected chi connectivity index (χ0v) is 14.9. The van der Waals surface area contributed by atoms with Gasteiger partial charge in [-0.25, -0.2) is 0 Å². The molecule has 0 spiro atoms. The van der Waals surface area contributed by atoms with Crippen molar-refractivity contribution >= 4 is 8.58 Å². The summed E-state index contributed by atoms with van der Waals surface area (Å²) in [5.74, 6) is 0.842. The molecule has 0 aromatic heterocycles. The third-order valence-corrected chi connectivity index (χ3v) is 7.90. The van der Waals surface area contributed by atoms with E-state index in [2.05, 4.69) is 41.3 Å². The topological polar surface area (TPSA) is 0 Å². The molecule has 4 unspecified atom stereocenters. The van der Waals surface area contributed by atoms with Crippen molar-refractivity contribution in [3.05, 3.63) is 11.1 Å². The number of hydrogen-bond acceptors (Lipinski definition) is 0. The molecule has 110 valence electrons. The highest BCUT2D eigenvalue weighted by molar-refractivity contribution is 7.38. The van der Waals surface area contributed by atoms with Crippen LogP contribution in [0.5, 0.6) is 0 Å². The lowest BCUT2D eigenvalue weighted by Gasteiger charge is -2.46. The summed E-state index contributed by atoms with van der Waals surface area (Å²) < 4.78 is 0. The SMILES string of the molecule is CCCC(C)(C)C1CCC2(C)C(=C1C)CCC2PC. The molecule has 2 aliphatic rings. The standard InChI is InChI=1S/C18H33P/c1-7-11-17(3,4)14-10-12-18(5)15(13(14)2)8-9-16(18)19-6/h14,16,19H,7-12H2,1-6H3. The summed E-state index contributed by atoms with van der Waals surface area (Å²) in [4.78, 5) is 0. The molecule has 0 aromatic carbocycles. The van der Waals surface area contributed by atoms with Crippen LogP contribution in [0.25, 0.3) is 0 Å². The van der Waals surface area contributed by atoms with Crippen LogP contribution in [-0.2, 0) is 0 Å². The van der Waals surface area contributed by atoms with Crippen LogP contribution >= 0.6 is 8.58 Å². The first-order valence-electron chi connectivity index (χ1n) is 8.24. The van der Waals surface area contributed by atoms with Gasteiger partial charge in [-0.3, -0.25) is 0 Å². The van der Waals surface area contributed by atoms with Crippen LogP contribution in [-0.4, -0.2) is 12.3 Å². The molecule has 0 saturated heterocycles. The highest BCUT2D eigenvalue weighted by atomic mass is 31.1. The lowest BCUT2D eigenvalue weighted by Crippen LogP contribution is -2.36. The maximum absolute atomic E-state index is 2.57. The van der Waals surface area contributed by atoms with Crippen molar-refractivity contribution in [2.75, 3.05) is 6.66 Å². The van der Waals surface area contributed by atoms with E-state index in [4.69, 9.17) is 0 Å². The molecule has 0 aliphatic heterocycles. The highest BCUT2D eigenvalue weighted by Gasteiger charge is 2.47. The van der Waals surface area contributed by atoms with Gasteiger partial charge in [0.05, 0.1) is 0 Å². The van der Waals surface area contributed by atoms with Crippen LogP contribution in [0.15, 0.2) is 11.1 Å². The molecule has 2 rings (SSSR count). The molecule has 0 radical (unpaired) electrons. The smallest absolute Gasteiger partial charge is 0.00484 e. The first-order valence-corrected chi connectivity index (χ1v) is 9.82. The Morgan fingerprint density at radius 1 is 1.32 bits per heavy atom. The second kappa shape index (κ2) is 5.51. The van der Waals surface area contributed by atoms with Gasteiger partial charge in [-0.15, -0.1) is 8.58 Å². The Morgan fingerprint density at radius 2 is 2.00 bits per heavy atom. The van der Waals surface area contributed by atoms with Crippen molar-refractivity contribution in [3.8, 4) is 0 Å². The summed E-state index contributed by atoms with van der Waals surface area (Å²) in [6.07, 6.45) is 8.43. The molecule has 0 amide bonds. The zero-order valence-electron chi connectivity index (χ0n) is 13.9. The second-order valence-corrected chi connectivity index (χ2v) is 9.06. The third-order valence-electron chi connectivity index (χ3n) is 6.28. The largest absolute Gasteiger partial charge is 0.121 e. The first kappa shape index (κ1) is 15.6. The van der Waals surface area contributed by atoms with E-state index in [1.165, 1.54) is 38.5 Å². The van der Waals surface area contributed by atoms with Crippen molar-refractivity contribution in [2.45, 2.75) is 78.8 Å². The molecule has 1 saturated carbocycles. The van der Waals surface area contributed by atoms with Crippen LogP contribution in [0.1, 0.15) is 73.1 Å². The van der Waals surface area contributed by atoms with Gasteiger partial charge in [0.15, 0.2) is 0 Å². The predicted molar refractivity (Wildman–Crippen MR) is 89.5 cm³/mol. The Hall–Kier alpha value is 0.170. The molecule has 4 atom stereocenters. The Morgan fingerprint density at radius 3 is 2.58 bits per heavy atom. The zero-order chi connectivity index (χ0) is 14.3. The summed E-state index contributed by atoms with van der Waals surface area (Å²) in [6, 6.07) is 0. The molecular weight excluding hydrogens is 247 g/mol. The van der Waals surface area contributed by atoms with Gasteiger partial charge in [-0.2, -0.15) is 0 Å². The molecule has 0 bridgehead atoms. The van der Waals surface area contributed by atoms with Crippen molar-refractivity contribution in [1.82, 2.24) is 0 Å². The molecule has 2 aliphatic carbocycles.